The second-order valence-corrected chi connectivity index (χ2v) is 11.7. The van der Waals surface area contributed by atoms with Crippen LogP contribution in [0.1, 0.15) is 200 Å². The van der Waals surface area contributed by atoms with Crippen molar-refractivity contribution in [1.82, 2.24) is 0 Å². The fourth-order valence-electron chi connectivity index (χ4n) is 5.22. The molecular formula is C34H68O3. The van der Waals surface area contributed by atoms with Gasteiger partial charge >= 0.3 is 5.97 Å². The van der Waals surface area contributed by atoms with Gasteiger partial charge < -0.3 is 9.84 Å². The molecule has 0 bridgehead atoms. The molecule has 1 atom stereocenters. The van der Waals surface area contributed by atoms with Crippen LogP contribution in [0, 0.1) is 0 Å². The zero-order valence-electron chi connectivity index (χ0n) is 25.6. The predicted octanol–water partition coefficient (Wildman–Crippen LogP) is 11.2. The highest BCUT2D eigenvalue weighted by molar-refractivity contribution is 5.69. The van der Waals surface area contributed by atoms with Crippen molar-refractivity contribution in [2.45, 2.75) is 206 Å². The Morgan fingerprint density at radius 3 is 1.24 bits per heavy atom. The van der Waals surface area contributed by atoms with Crippen molar-refractivity contribution in [2.75, 3.05) is 6.61 Å². The van der Waals surface area contributed by atoms with Gasteiger partial charge in [0.1, 0.15) is 0 Å². The van der Waals surface area contributed by atoms with Crippen molar-refractivity contribution in [3.63, 3.8) is 0 Å². The fourth-order valence-corrected chi connectivity index (χ4v) is 5.22. The monoisotopic (exact) mass is 525 g/mol. The number of rotatable bonds is 31. The van der Waals surface area contributed by atoms with Crippen LogP contribution in [0.3, 0.4) is 0 Å². The molecule has 0 aliphatic rings. The van der Waals surface area contributed by atoms with Crippen LogP contribution in [-0.4, -0.2) is 23.8 Å². The number of hydrogen-bond acceptors (Lipinski definition) is 3. The summed E-state index contributed by atoms with van der Waals surface area (Å²) in [5.74, 6) is 0.00273. The number of unbranched alkanes of at least 4 members (excludes halogenated alkanes) is 23. The Balaban J connectivity index is 3.20. The third-order valence-corrected chi connectivity index (χ3v) is 7.82. The van der Waals surface area contributed by atoms with Crippen LogP contribution in [-0.2, 0) is 9.53 Å². The Morgan fingerprint density at radius 1 is 0.486 bits per heavy atom. The number of ether oxygens (including phenoxy) is 1. The summed E-state index contributed by atoms with van der Waals surface area (Å²) in [7, 11) is 0. The van der Waals surface area contributed by atoms with Gasteiger partial charge in [0.25, 0.3) is 0 Å². The average Bonchev–Trinajstić information content (AvgIpc) is 2.90. The Bertz CT molecular complexity index is 437. The van der Waals surface area contributed by atoms with Crippen LogP contribution in [0.5, 0.6) is 0 Å². The van der Waals surface area contributed by atoms with E-state index >= 15 is 0 Å². The summed E-state index contributed by atoms with van der Waals surface area (Å²) < 4.78 is 5.42. The smallest absolute Gasteiger partial charge is 0.305 e. The lowest BCUT2D eigenvalue weighted by molar-refractivity contribution is -0.143. The number of carbonyl (C=O) groups is 1. The highest BCUT2D eigenvalue weighted by atomic mass is 16.5. The zero-order valence-corrected chi connectivity index (χ0v) is 25.6. The maximum Gasteiger partial charge on any atom is 0.305 e. The molecule has 0 aromatic heterocycles. The lowest BCUT2D eigenvalue weighted by Crippen LogP contribution is -2.06. The van der Waals surface area contributed by atoms with E-state index in [9.17, 15) is 9.90 Å². The summed E-state index contributed by atoms with van der Waals surface area (Å²) in [6.07, 6.45) is 36.0. The van der Waals surface area contributed by atoms with Gasteiger partial charge in [0.15, 0.2) is 0 Å². The molecule has 1 N–H and O–H groups in total. The molecule has 0 saturated carbocycles. The molecule has 0 heterocycles. The summed E-state index contributed by atoms with van der Waals surface area (Å²) >= 11 is 0. The van der Waals surface area contributed by atoms with Crippen molar-refractivity contribution < 1.29 is 14.6 Å². The quantitative estimate of drug-likeness (QED) is 0.0724. The molecule has 37 heavy (non-hydrogen) atoms. The van der Waals surface area contributed by atoms with Gasteiger partial charge in [-0.3, -0.25) is 4.79 Å². The number of aliphatic hydroxyl groups is 1. The van der Waals surface area contributed by atoms with Crippen LogP contribution < -0.4 is 0 Å². The van der Waals surface area contributed by atoms with Gasteiger partial charge in [-0.2, -0.15) is 0 Å². The first-order valence-electron chi connectivity index (χ1n) is 17.0. The summed E-state index contributed by atoms with van der Waals surface area (Å²) in [5.41, 5.74) is 0. The summed E-state index contributed by atoms with van der Waals surface area (Å²) in [6.45, 7) is 5.13. The summed E-state index contributed by atoms with van der Waals surface area (Å²) in [4.78, 5) is 11.9. The Labute approximate surface area is 233 Å². The molecule has 0 rings (SSSR count). The first kappa shape index (κ1) is 36.4. The van der Waals surface area contributed by atoms with Crippen molar-refractivity contribution in [3.8, 4) is 0 Å². The molecular weight excluding hydrogens is 456 g/mol. The Morgan fingerprint density at radius 2 is 0.811 bits per heavy atom. The number of carbonyl (C=O) groups excluding carboxylic acids is 1. The molecule has 0 aliphatic heterocycles. The van der Waals surface area contributed by atoms with Gasteiger partial charge in [-0.25, -0.2) is 0 Å². The molecule has 3 nitrogen and oxygen atoms in total. The predicted molar refractivity (Wildman–Crippen MR) is 162 cm³/mol. The van der Waals surface area contributed by atoms with Crippen LogP contribution in [0.4, 0.5) is 0 Å². The van der Waals surface area contributed by atoms with Gasteiger partial charge in [-0.1, -0.05) is 168 Å². The Kier molecular flexibility index (Phi) is 31.2. The number of aliphatic hydroxyl groups excluding tert-OH is 1. The van der Waals surface area contributed by atoms with Crippen molar-refractivity contribution in [1.29, 1.82) is 0 Å². The highest BCUT2D eigenvalue weighted by Gasteiger charge is 2.04. The maximum atomic E-state index is 11.9. The lowest BCUT2D eigenvalue weighted by atomic mass is 10.0. The van der Waals surface area contributed by atoms with Gasteiger partial charge in [-0.15, -0.1) is 0 Å². The normalized spacial score (nSPS) is 12.2. The highest BCUT2D eigenvalue weighted by Crippen LogP contribution is 2.15. The van der Waals surface area contributed by atoms with Crippen LogP contribution >= 0.6 is 0 Å². The van der Waals surface area contributed by atoms with Crippen molar-refractivity contribution >= 4 is 5.97 Å². The topological polar surface area (TPSA) is 46.5 Å². The van der Waals surface area contributed by atoms with Gasteiger partial charge in [-0.05, 0) is 25.7 Å². The number of esters is 1. The van der Waals surface area contributed by atoms with Crippen LogP contribution in [0.25, 0.3) is 0 Å². The van der Waals surface area contributed by atoms with Gasteiger partial charge in [0.2, 0.25) is 0 Å². The van der Waals surface area contributed by atoms with E-state index in [0.717, 1.165) is 32.1 Å². The molecule has 0 radical (unpaired) electrons. The van der Waals surface area contributed by atoms with E-state index in [1.807, 2.05) is 0 Å². The van der Waals surface area contributed by atoms with Crippen LogP contribution in [0.2, 0.25) is 0 Å². The van der Waals surface area contributed by atoms with E-state index in [1.165, 1.54) is 148 Å². The standard InChI is InChI=1S/C34H68O3/c1-3-5-7-9-10-11-12-13-14-15-18-21-24-28-32-37-34(36)31-27-23-20-17-16-19-22-26-30-33(35)29-25-8-6-4-2/h33,35H,3-32H2,1-2H3. The third kappa shape index (κ3) is 31.5. The van der Waals surface area contributed by atoms with E-state index in [1.54, 1.807) is 0 Å². The molecule has 0 aromatic rings. The second kappa shape index (κ2) is 31.6. The molecule has 222 valence electrons. The maximum absolute atomic E-state index is 11.9. The molecule has 0 amide bonds. The summed E-state index contributed by atoms with van der Waals surface area (Å²) in [6, 6.07) is 0. The van der Waals surface area contributed by atoms with Gasteiger partial charge in [0.05, 0.1) is 12.7 Å². The molecule has 0 aliphatic carbocycles. The molecule has 0 aromatic carbocycles. The largest absolute Gasteiger partial charge is 0.466 e. The zero-order chi connectivity index (χ0) is 27.1. The summed E-state index contributed by atoms with van der Waals surface area (Å²) in [5, 5.41) is 10.0. The van der Waals surface area contributed by atoms with Crippen molar-refractivity contribution in [3.05, 3.63) is 0 Å². The first-order chi connectivity index (χ1) is 18.2. The SMILES string of the molecule is CCCCCCCCCCCCCCCCOC(=O)CCCCCCCCCCC(O)CCCCCC. The molecule has 0 spiro atoms. The van der Waals surface area contributed by atoms with Gasteiger partial charge in [0, 0.05) is 6.42 Å². The third-order valence-electron chi connectivity index (χ3n) is 7.82. The van der Waals surface area contributed by atoms with Crippen LogP contribution in [0.15, 0.2) is 0 Å². The first-order valence-corrected chi connectivity index (χ1v) is 17.0. The molecule has 0 fully saturated rings. The number of hydrogen-bond donors (Lipinski definition) is 1. The second-order valence-electron chi connectivity index (χ2n) is 11.7. The van der Waals surface area contributed by atoms with E-state index in [-0.39, 0.29) is 12.1 Å². The molecule has 0 saturated heterocycles. The lowest BCUT2D eigenvalue weighted by Gasteiger charge is -2.10. The minimum atomic E-state index is -0.0778. The average molecular weight is 525 g/mol. The van der Waals surface area contributed by atoms with E-state index < -0.39 is 0 Å². The Hall–Kier alpha value is -0.570. The van der Waals surface area contributed by atoms with Crippen molar-refractivity contribution in [2.24, 2.45) is 0 Å². The van der Waals surface area contributed by atoms with E-state index in [2.05, 4.69) is 13.8 Å². The fraction of sp³-hybridized carbons (Fsp3) is 0.971. The van der Waals surface area contributed by atoms with E-state index in [0.29, 0.717) is 13.0 Å². The molecule has 3 heteroatoms. The minimum Gasteiger partial charge on any atom is -0.466 e. The minimum absolute atomic E-state index is 0.00273. The van der Waals surface area contributed by atoms with E-state index in [4.69, 9.17) is 4.74 Å². The molecule has 1 unspecified atom stereocenters.